The highest BCUT2D eigenvalue weighted by atomic mass is 32.2. The van der Waals surface area contributed by atoms with Crippen LogP contribution in [0.2, 0.25) is 0 Å². The fraction of sp³-hybridized carbons (Fsp3) is 0.364. The Labute approximate surface area is 97.4 Å². The molecule has 16 heavy (non-hydrogen) atoms. The van der Waals surface area contributed by atoms with Crippen molar-refractivity contribution in [1.82, 2.24) is 5.32 Å². The number of nitrogens with one attached hydrogen (secondary N) is 1. The van der Waals surface area contributed by atoms with Crippen LogP contribution in [-0.4, -0.2) is 18.6 Å². The van der Waals surface area contributed by atoms with Gasteiger partial charge in [0.15, 0.2) is 0 Å². The smallest absolute Gasteiger partial charge is 0.315 e. The number of amides is 1. The Hall–Kier alpha value is -1.10. The molecule has 0 fully saturated rings. The topological polar surface area (TPSA) is 29.1 Å². The Bertz CT molecular complexity index is 354. The Morgan fingerprint density at radius 1 is 1.31 bits per heavy atom. The van der Waals surface area contributed by atoms with Crippen LogP contribution >= 0.6 is 11.8 Å². The molecule has 1 atom stereocenters. The van der Waals surface area contributed by atoms with Crippen LogP contribution < -0.4 is 5.32 Å². The molecule has 1 N–H and O–H groups in total. The van der Waals surface area contributed by atoms with Crippen LogP contribution in [0.15, 0.2) is 29.2 Å². The molecule has 88 valence electrons. The van der Waals surface area contributed by atoms with Gasteiger partial charge in [-0.05, 0) is 30.9 Å². The number of carbonyl (C=O) groups is 1. The quantitative estimate of drug-likeness (QED) is 0.826. The van der Waals surface area contributed by atoms with E-state index >= 15 is 0 Å². The molecule has 0 aliphatic rings. The highest BCUT2D eigenvalue weighted by Gasteiger charge is 2.17. The first-order valence-electron chi connectivity index (χ1n) is 4.77. The van der Waals surface area contributed by atoms with Gasteiger partial charge in [0.05, 0.1) is 6.04 Å². The van der Waals surface area contributed by atoms with Crippen molar-refractivity contribution in [2.75, 3.05) is 6.26 Å². The van der Waals surface area contributed by atoms with E-state index in [2.05, 4.69) is 5.32 Å². The predicted octanol–water partition coefficient (Wildman–Crippen LogP) is 2.85. The summed E-state index contributed by atoms with van der Waals surface area (Å²) in [5, 5.41) is 2.24. The molecular formula is C11H13F2NOS. The van der Waals surface area contributed by atoms with Crippen LogP contribution in [0.25, 0.3) is 0 Å². The lowest BCUT2D eigenvalue weighted by molar-refractivity contribution is -0.132. The van der Waals surface area contributed by atoms with Crippen molar-refractivity contribution in [1.29, 1.82) is 0 Å². The van der Waals surface area contributed by atoms with Crippen molar-refractivity contribution < 1.29 is 13.6 Å². The Balaban J connectivity index is 2.65. The number of rotatable bonds is 4. The number of benzene rings is 1. The van der Waals surface area contributed by atoms with E-state index in [-0.39, 0.29) is 0 Å². The summed E-state index contributed by atoms with van der Waals surface area (Å²) in [6, 6.07) is 7.03. The highest BCUT2D eigenvalue weighted by molar-refractivity contribution is 7.98. The zero-order chi connectivity index (χ0) is 12.1. The van der Waals surface area contributed by atoms with Gasteiger partial charge >= 0.3 is 6.43 Å². The number of carbonyl (C=O) groups excluding carboxylic acids is 1. The maximum absolute atomic E-state index is 12.0. The Morgan fingerprint density at radius 3 is 2.31 bits per heavy atom. The minimum atomic E-state index is -2.96. The van der Waals surface area contributed by atoms with E-state index in [0.717, 1.165) is 10.5 Å². The first kappa shape index (κ1) is 13.0. The molecule has 0 saturated heterocycles. The van der Waals surface area contributed by atoms with E-state index in [0.29, 0.717) is 0 Å². The van der Waals surface area contributed by atoms with Crippen molar-refractivity contribution in [2.45, 2.75) is 24.3 Å². The summed E-state index contributed by atoms with van der Waals surface area (Å²) >= 11 is 1.60. The second-order valence-corrected chi connectivity index (χ2v) is 4.18. The van der Waals surface area contributed by atoms with Gasteiger partial charge in [0, 0.05) is 4.90 Å². The second kappa shape index (κ2) is 5.84. The molecule has 5 heteroatoms. The molecule has 0 saturated carbocycles. The van der Waals surface area contributed by atoms with Gasteiger partial charge in [0.2, 0.25) is 0 Å². The monoisotopic (exact) mass is 245 g/mol. The van der Waals surface area contributed by atoms with Crippen molar-refractivity contribution in [3.05, 3.63) is 29.8 Å². The third kappa shape index (κ3) is 3.48. The van der Waals surface area contributed by atoms with Gasteiger partial charge in [0.1, 0.15) is 0 Å². The van der Waals surface area contributed by atoms with Crippen molar-refractivity contribution in [3.8, 4) is 0 Å². The average molecular weight is 245 g/mol. The number of thioether (sulfide) groups is 1. The lowest BCUT2D eigenvalue weighted by Gasteiger charge is -2.14. The van der Waals surface area contributed by atoms with Crippen molar-refractivity contribution in [2.24, 2.45) is 0 Å². The lowest BCUT2D eigenvalue weighted by atomic mass is 10.1. The molecule has 0 aromatic heterocycles. The lowest BCUT2D eigenvalue weighted by Crippen LogP contribution is -2.31. The molecular weight excluding hydrogens is 232 g/mol. The van der Waals surface area contributed by atoms with E-state index in [9.17, 15) is 13.6 Å². The summed E-state index contributed by atoms with van der Waals surface area (Å²) < 4.78 is 24.0. The van der Waals surface area contributed by atoms with Gasteiger partial charge in [-0.3, -0.25) is 4.79 Å². The molecule has 1 rings (SSSR count). The first-order valence-corrected chi connectivity index (χ1v) is 5.99. The van der Waals surface area contributed by atoms with E-state index in [1.54, 1.807) is 18.7 Å². The van der Waals surface area contributed by atoms with Gasteiger partial charge in [0.25, 0.3) is 5.91 Å². The van der Waals surface area contributed by atoms with Crippen LogP contribution in [0.3, 0.4) is 0 Å². The molecule has 0 spiro atoms. The summed E-state index contributed by atoms with van der Waals surface area (Å²) in [4.78, 5) is 11.9. The molecule has 0 aliphatic carbocycles. The van der Waals surface area contributed by atoms with Crippen LogP contribution in [0.5, 0.6) is 0 Å². The predicted molar refractivity (Wildman–Crippen MR) is 60.8 cm³/mol. The molecule has 1 amide bonds. The summed E-state index contributed by atoms with van der Waals surface area (Å²) in [7, 11) is 0. The molecule has 0 aliphatic heterocycles. The van der Waals surface area contributed by atoms with E-state index in [1.807, 2.05) is 30.5 Å². The molecule has 1 unspecified atom stereocenters. The Morgan fingerprint density at radius 2 is 1.88 bits per heavy atom. The summed E-state index contributed by atoms with van der Waals surface area (Å²) in [5.41, 5.74) is 0.812. The number of alkyl halides is 2. The minimum absolute atomic E-state index is 0.405. The third-order valence-electron chi connectivity index (χ3n) is 2.17. The van der Waals surface area contributed by atoms with Crippen LogP contribution in [0.1, 0.15) is 18.5 Å². The average Bonchev–Trinajstić information content (AvgIpc) is 2.28. The van der Waals surface area contributed by atoms with Gasteiger partial charge in [-0.15, -0.1) is 11.8 Å². The molecule has 0 radical (unpaired) electrons. The van der Waals surface area contributed by atoms with Gasteiger partial charge < -0.3 is 5.32 Å². The minimum Gasteiger partial charge on any atom is -0.345 e. The fourth-order valence-electron chi connectivity index (χ4n) is 1.25. The van der Waals surface area contributed by atoms with Crippen LogP contribution in [0.4, 0.5) is 8.78 Å². The van der Waals surface area contributed by atoms with Gasteiger partial charge in [-0.1, -0.05) is 12.1 Å². The summed E-state index contributed by atoms with van der Waals surface area (Å²) in [5.74, 6) is -1.23. The van der Waals surface area contributed by atoms with Crippen molar-refractivity contribution >= 4 is 17.7 Å². The maximum Gasteiger partial charge on any atom is 0.315 e. The zero-order valence-corrected chi connectivity index (χ0v) is 9.85. The van der Waals surface area contributed by atoms with E-state index < -0.39 is 18.4 Å². The van der Waals surface area contributed by atoms with E-state index in [4.69, 9.17) is 0 Å². The van der Waals surface area contributed by atoms with E-state index in [1.165, 1.54) is 0 Å². The van der Waals surface area contributed by atoms with Crippen LogP contribution in [-0.2, 0) is 4.79 Å². The fourth-order valence-corrected chi connectivity index (χ4v) is 1.66. The molecule has 0 bridgehead atoms. The SMILES string of the molecule is CSc1ccc(C(C)NC(=O)C(F)F)cc1. The summed E-state index contributed by atoms with van der Waals surface area (Å²) in [6.07, 6.45) is -1.01. The van der Waals surface area contributed by atoms with Gasteiger partial charge in [-0.2, -0.15) is 8.78 Å². The molecule has 0 heterocycles. The normalized spacial score (nSPS) is 12.6. The molecule has 2 nitrogen and oxygen atoms in total. The second-order valence-electron chi connectivity index (χ2n) is 3.30. The third-order valence-corrected chi connectivity index (χ3v) is 2.92. The maximum atomic E-state index is 12.0. The number of hydrogen-bond acceptors (Lipinski definition) is 2. The van der Waals surface area contributed by atoms with Gasteiger partial charge in [-0.25, -0.2) is 0 Å². The summed E-state index contributed by atoms with van der Waals surface area (Å²) in [6.45, 7) is 1.67. The first-order chi connectivity index (χ1) is 7.54. The number of halogens is 2. The molecule has 1 aromatic rings. The standard InChI is InChI=1S/C11H13F2NOS/c1-7(14-11(15)10(12)13)8-3-5-9(16-2)6-4-8/h3-7,10H,1-2H3,(H,14,15). The number of hydrogen-bond donors (Lipinski definition) is 1. The Kier molecular flexibility index (Phi) is 4.73. The molecule has 1 aromatic carbocycles. The zero-order valence-electron chi connectivity index (χ0n) is 9.04. The van der Waals surface area contributed by atoms with Crippen LogP contribution in [0, 0.1) is 0 Å². The van der Waals surface area contributed by atoms with Crippen molar-refractivity contribution in [3.63, 3.8) is 0 Å². The highest BCUT2D eigenvalue weighted by Crippen LogP contribution is 2.19. The largest absolute Gasteiger partial charge is 0.345 e.